The van der Waals surface area contributed by atoms with Crippen molar-refractivity contribution in [2.45, 2.75) is 206 Å². The van der Waals surface area contributed by atoms with Crippen molar-refractivity contribution >= 4 is 0 Å². The van der Waals surface area contributed by atoms with Crippen LogP contribution in [0.4, 0.5) is 0 Å². The summed E-state index contributed by atoms with van der Waals surface area (Å²) in [5.74, 6) is 0. The molecule has 0 aliphatic heterocycles. The number of ether oxygens (including phenoxy) is 2. The van der Waals surface area contributed by atoms with Gasteiger partial charge in [0.15, 0.2) is 0 Å². The van der Waals surface area contributed by atoms with Crippen LogP contribution in [0.1, 0.15) is 194 Å². The summed E-state index contributed by atoms with van der Waals surface area (Å²) in [6.07, 6.45) is 55.6. The van der Waals surface area contributed by atoms with Crippen LogP contribution >= 0.6 is 0 Å². The number of rotatable bonds is 32. The Morgan fingerprint density at radius 3 is 1.07 bits per heavy atom. The fourth-order valence-electron chi connectivity index (χ4n) is 6.09. The summed E-state index contributed by atoms with van der Waals surface area (Å²) in [6, 6.07) is 0. The molecular weight excluding hydrogens is 536 g/mol. The van der Waals surface area contributed by atoms with E-state index in [1.165, 1.54) is 167 Å². The van der Waals surface area contributed by atoms with Crippen LogP contribution in [0.5, 0.6) is 0 Å². The largest absolute Gasteiger partial charge is 0.376 e. The number of unbranched alkanes of at least 4 members (excludes halogenated alkanes) is 18. The summed E-state index contributed by atoms with van der Waals surface area (Å²) in [5.41, 5.74) is 0. The van der Waals surface area contributed by atoms with Crippen molar-refractivity contribution in [2.75, 3.05) is 13.2 Å². The molecule has 0 heterocycles. The average Bonchev–Trinajstić information content (AvgIpc) is 3.04. The lowest BCUT2D eigenvalue weighted by molar-refractivity contribution is -0.0934. The molecule has 256 valence electrons. The maximum Gasteiger partial charge on any atom is 0.0836 e. The third-order valence-electron chi connectivity index (χ3n) is 9.00. The molecule has 0 bridgehead atoms. The van der Waals surface area contributed by atoms with Gasteiger partial charge in [-0.05, 0) is 89.9 Å². The smallest absolute Gasteiger partial charge is 0.0836 e. The highest BCUT2D eigenvalue weighted by molar-refractivity contribution is 4.93. The Kier molecular flexibility index (Phi) is 32.3. The van der Waals surface area contributed by atoms with Crippen molar-refractivity contribution in [1.82, 2.24) is 0 Å². The molecule has 0 N–H and O–H groups in total. The molecule has 2 atom stereocenters. The van der Waals surface area contributed by atoms with E-state index in [0.29, 0.717) is 12.2 Å². The SMILES string of the molecule is CCCCCC=CCC=CCCCCCCCCOC1CCCCC1OCCCCCCCCC=CCC=CCCCCC. The minimum Gasteiger partial charge on any atom is -0.376 e. The molecule has 0 aromatic heterocycles. The van der Waals surface area contributed by atoms with Crippen molar-refractivity contribution in [3.8, 4) is 0 Å². The van der Waals surface area contributed by atoms with Gasteiger partial charge >= 0.3 is 0 Å². The molecule has 0 aromatic carbocycles. The van der Waals surface area contributed by atoms with Crippen LogP contribution < -0.4 is 0 Å². The van der Waals surface area contributed by atoms with Crippen molar-refractivity contribution < 1.29 is 9.47 Å². The maximum atomic E-state index is 6.35. The van der Waals surface area contributed by atoms with E-state index in [2.05, 4.69) is 62.5 Å². The van der Waals surface area contributed by atoms with Crippen LogP contribution in [0.25, 0.3) is 0 Å². The minimum absolute atomic E-state index is 0.339. The fraction of sp³-hybridized carbons (Fsp3) is 0.810. The Morgan fingerprint density at radius 1 is 0.386 bits per heavy atom. The molecule has 2 unspecified atom stereocenters. The average molecular weight is 613 g/mol. The predicted octanol–water partition coefficient (Wildman–Crippen LogP) is 14.0. The first kappa shape index (κ1) is 40.9. The lowest BCUT2D eigenvalue weighted by Crippen LogP contribution is -2.35. The van der Waals surface area contributed by atoms with Gasteiger partial charge in [-0.15, -0.1) is 0 Å². The van der Waals surface area contributed by atoms with Crippen LogP contribution in [-0.4, -0.2) is 25.4 Å². The van der Waals surface area contributed by atoms with E-state index in [9.17, 15) is 0 Å². The summed E-state index contributed by atoms with van der Waals surface area (Å²) in [6.45, 7) is 6.38. The molecular formula is C42H76O2. The van der Waals surface area contributed by atoms with Gasteiger partial charge in [0.25, 0.3) is 0 Å². The Labute approximate surface area is 276 Å². The predicted molar refractivity (Wildman–Crippen MR) is 197 cm³/mol. The molecule has 0 amide bonds. The van der Waals surface area contributed by atoms with Gasteiger partial charge in [0.1, 0.15) is 0 Å². The van der Waals surface area contributed by atoms with Crippen molar-refractivity contribution in [3.63, 3.8) is 0 Å². The van der Waals surface area contributed by atoms with Crippen molar-refractivity contribution in [1.29, 1.82) is 0 Å². The topological polar surface area (TPSA) is 18.5 Å². The second-order valence-corrected chi connectivity index (χ2v) is 13.3. The second-order valence-electron chi connectivity index (χ2n) is 13.3. The van der Waals surface area contributed by atoms with Gasteiger partial charge in [-0.2, -0.15) is 0 Å². The van der Waals surface area contributed by atoms with Gasteiger partial charge in [0.2, 0.25) is 0 Å². The molecule has 0 radical (unpaired) electrons. The van der Waals surface area contributed by atoms with E-state index >= 15 is 0 Å². The molecule has 1 rings (SSSR count). The quantitative estimate of drug-likeness (QED) is 0.0556. The highest BCUT2D eigenvalue weighted by atomic mass is 16.5. The standard InChI is InChI=1S/C42H76O2/c1-3-5-7-9-11-13-15-17-19-21-23-25-27-29-31-35-39-43-41-37-33-34-38-42(41)44-40-36-32-30-28-26-24-22-20-18-16-14-12-10-8-6-4-2/h11-14,17-20,41-42H,3-10,15-16,21-40H2,1-2H3. The molecule has 1 aliphatic rings. The summed E-state index contributed by atoms with van der Waals surface area (Å²) < 4.78 is 12.7. The highest BCUT2D eigenvalue weighted by Gasteiger charge is 2.26. The van der Waals surface area contributed by atoms with E-state index in [4.69, 9.17) is 9.47 Å². The summed E-state index contributed by atoms with van der Waals surface area (Å²) >= 11 is 0. The summed E-state index contributed by atoms with van der Waals surface area (Å²) in [7, 11) is 0. The first-order valence-electron chi connectivity index (χ1n) is 19.7. The molecule has 0 spiro atoms. The van der Waals surface area contributed by atoms with Gasteiger partial charge in [-0.1, -0.05) is 152 Å². The van der Waals surface area contributed by atoms with E-state index in [1.54, 1.807) is 0 Å². The molecule has 0 aromatic rings. The van der Waals surface area contributed by atoms with E-state index < -0.39 is 0 Å². The van der Waals surface area contributed by atoms with Crippen LogP contribution in [0.2, 0.25) is 0 Å². The molecule has 1 fully saturated rings. The molecule has 1 aliphatic carbocycles. The van der Waals surface area contributed by atoms with Gasteiger partial charge in [-0.25, -0.2) is 0 Å². The number of allylic oxidation sites excluding steroid dienone is 8. The van der Waals surface area contributed by atoms with Gasteiger partial charge < -0.3 is 9.47 Å². The van der Waals surface area contributed by atoms with Crippen LogP contribution in [0.3, 0.4) is 0 Å². The Morgan fingerprint density at radius 2 is 0.705 bits per heavy atom. The van der Waals surface area contributed by atoms with Gasteiger partial charge in [-0.3, -0.25) is 0 Å². The molecule has 1 saturated carbocycles. The summed E-state index contributed by atoms with van der Waals surface area (Å²) in [5, 5.41) is 0. The van der Waals surface area contributed by atoms with Crippen LogP contribution in [0, 0.1) is 0 Å². The van der Waals surface area contributed by atoms with Crippen molar-refractivity contribution in [2.24, 2.45) is 0 Å². The zero-order valence-electron chi connectivity index (χ0n) is 29.8. The lowest BCUT2D eigenvalue weighted by Gasteiger charge is -2.31. The minimum atomic E-state index is 0.339. The molecule has 2 nitrogen and oxygen atoms in total. The Bertz CT molecular complexity index is 617. The van der Waals surface area contributed by atoms with Crippen LogP contribution in [0.15, 0.2) is 48.6 Å². The first-order valence-corrected chi connectivity index (χ1v) is 19.7. The molecule has 2 heteroatoms. The maximum absolute atomic E-state index is 6.35. The zero-order chi connectivity index (χ0) is 31.4. The molecule has 44 heavy (non-hydrogen) atoms. The van der Waals surface area contributed by atoms with Crippen LogP contribution in [-0.2, 0) is 9.47 Å². The Hall–Kier alpha value is -1.12. The fourth-order valence-corrected chi connectivity index (χ4v) is 6.09. The monoisotopic (exact) mass is 613 g/mol. The second kappa shape index (κ2) is 34.7. The highest BCUT2D eigenvalue weighted by Crippen LogP contribution is 2.25. The first-order chi connectivity index (χ1) is 21.9. The van der Waals surface area contributed by atoms with Crippen molar-refractivity contribution in [3.05, 3.63) is 48.6 Å². The van der Waals surface area contributed by atoms with Gasteiger partial charge in [0, 0.05) is 13.2 Å². The normalized spacial score (nSPS) is 17.8. The lowest BCUT2D eigenvalue weighted by atomic mass is 9.94. The third kappa shape index (κ3) is 28.4. The van der Waals surface area contributed by atoms with E-state index in [1.807, 2.05) is 0 Å². The van der Waals surface area contributed by atoms with E-state index in [0.717, 1.165) is 26.1 Å². The molecule has 0 saturated heterocycles. The number of hydrogen-bond donors (Lipinski definition) is 0. The number of hydrogen-bond acceptors (Lipinski definition) is 2. The van der Waals surface area contributed by atoms with E-state index in [-0.39, 0.29) is 0 Å². The summed E-state index contributed by atoms with van der Waals surface area (Å²) in [4.78, 5) is 0. The Balaban J connectivity index is 1.90. The third-order valence-corrected chi connectivity index (χ3v) is 9.00. The zero-order valence-corrected chi connectivity index (χ0v) is 29.8. The van der Waals surface area contributed by atoms with Gasteiger partial charge in [0.05, 0.1) is 12.2 Å².